The van der Waals surface area contributed by atoms with Gasteiger partial charge >= 0.3 is 5.97 Å². The smallest absolute Gasteiger partial charge is 0.338 e. The molecule has 0 aromatic heterocycles. The maximum Gasteiger partial charge on any atom is 0.338 e. The first-order valence-electron chi connectivity index (χ1n) is 8.46. The highest BCUT2D eigenvalue weighted by molar-refractivity contribution is 7.80. The molecule has 6 nitrogen and oxygen atoms in total. The van der Waals surface area contributed by atoms with E-state index in [4.69, 9.17) is 21.7 Å². The summed E-state index contributed by atoms with van der Waals surface area (Å²) in [5.41, 5.74) is 2.53. The van der Waals surface area contributed by atoms with Gasteiger partial charge in [-0.1, -0.05) is 36.4 Å². The van der Waals surface area contributed by atoms with Gasteiger partial charge in [-0.2, -0.15) is 0 Å². The molecule has 1 atom stereocenters. The Balaban J connectivity index is 2.18. The normalized spacial score (nSPS) is 16.4. The molecule has 2 aromatic carbocycles. The van der Waals surface area contributed by atoms with E-state index in [2.05, 4.69) is 10.6 Å². The van der Waals surface area contributed by atoms with E-state index in [1.54, 1.807) is 19.1 Å². The number of methoxy groups -OCH3 is 1. The zero-order chi connectivity index (χ0) is 19.4. The number of hydrogen-bond donors (Lipinski definition) is 3. The first kappa shape index (κ1) is 18.7. The number of nitrogens with one attached hydrogen (secondary N) is 2. The van der Waals surface area contributed by atoms with Crippen molar-refractivity contribution in [2.45, 2.75) is 13.0 Å². The molecule has 1 unspecified atom stereocenters. The number of rotatable bonds is 5. The van der Waals surface area contributed by atoms with Gasteiger partial charge in [-0.05, 0) is 42.4 Å². The molecule has 27 heavy (non-hydrogen) atoms. The molecular formula is C20H20N2O4S. The van der Waals surface area contributed by atoms with Crippen LogP contribution in [0.3, 0.4) is 0 Å². The number of carbonyl (C=O) groups is 1. The van der Waals surface area contributed by atoms with Crippen LogP contribution in [0.1, 0.15) is 24.1 Å². The summed E-state index contributed by atoms with van der Waals surface area (Å²) in [4.78, 5) is 12.8. The standard InChI is InChI=1S/C20H20N2O4S/c1-3-26-19(24)16-17(12-7-5-4-6-8-12)21-20(27)22-18(16)13-9-10-14(23)15(11-13)25-2/h4-11,18,23H,3H2,1-2H3,(H2,21,22,27). The maximum atomic E-state index is 12.8. The lowest BCUT2D eigenvalue weighted by molar-refractivity contribution is -0.138. The van der Waals surface area contributed by atoms with Crippen molar-refractivity contribution in [2.24, 2.45) is 0 Å². The molecular weight excluding hydrogens is 364 g/mol. The molecule has 0 saturated heterocycles. The molecule has 0 aliphatic carbocycles. The molecule has 3 rings (SSSR count). The van der Waals surface area contributed by atoms with Crippen LogP contribution in [0.4, 0.5) is 0 Å². The fraction of sp³-hybridized carbons (Fsp3) is 0.200. The van der Waals surface area contributed by atoms with Crippen LogP contribution in [-0.4, -0.2) is 29.9 Å². The Labute approximate surface area is 162 Å². The number of carbonyl (C=O) groups excluding carboxylic acids is 1. The first-order chi connectivity index (χ1) is 13.0. The van der Waals surface area contributed by atoms with Crippen LogP contribution in [0.15, 0.2) is 54.1 Å². The summed E-state index contributed by atoms with van der Waals surface area (Å²) in [7, 11) is 1.47. The molecule has 0 amide bonds. The number of benzene rings is 2. The third-order valence-corrected chi connectivity index (χ3v) is 4.39. The number of phenols is 1. The van der Waals surface area contributed by atoms with Gasteiger partial charge in [0.05, 0.1) is 31.0 Å². The lowest BCUT2D eigenvalue weighted by atomic mass is 9.92. The van der Waals surface area contributed by atoms with Crippen molar-refractivity contribution in [1.29, 1.82) is 0 Å². The lowest BCUT2D eigenvalue weighted by Gasteiger charge is -2.31. The highest BCUT2D eigenvalue weighted by atomic mass is 32.1. The number of esters is 1. The summed E-state index contributed by atoms with van der Waals surface area (Å²) in [5.74, 6) is -0.123. The summed E-state index contributed by atoms with van der Waals surface area (Å²) in [6, 6.07) is 13.8. The third kappa shape index (κ3) is 3.88. The molecule has 0 bridgehead atoms. The summed E-state index contributed by atoms with van der Waals surface area (Å²) in [6.07, 6.45) is 0. The SMILES string of the molecule is CCOC(=O)C1=C(c2ccccc2)NC(=S)NC1c1ccc(O)c(OC)c1. The van der Waals surface area contributed by atoms with E-state index in [0.717, 1.165) is 5.56 Å². The predicted molar refractivity (Wildman–Crippen MR) is 106 cm³/mol. The Bertz CT molecular complexity index is 896. The van der Waals surface area contributed by atoms with E-state index in [9.17, 15) is 9.90 Å². The zero-order valence-corrected chi connectivity index (χ0v) is 15.8. The Hall–Kier alpha value is -3.06. The molecule has 0 radical (unpaired) electrons. The second-order valence-corrected chi connectivity index (χ2v) is 6.25. The van der Waals surface area contributed by atoms with Crippen molar-refractivity contribution in [3.63, 3.8) is 0 Å². The number of aromatic hydroxyl groups is 1. The van der Waals surface area contributed by atoms with Crippen LogP contribution in [0, 0.1) is 0 Å². The van der Waals surface area contributed by atoms with Crippen LogP contribution < -0.4 is 15.4 Å². The minimum absolute atomic E-state index is 0.0164. The number of phenolic OH excluding ortho intramolecular Hbond substituents is 1. The molecule has 140 valence electrons. The monoisotopic (exact) mass is 384 g/mol. The van der Waals surface area contributed by atoms with E-state index in [-0.39, 0.29) is 12.4 Å². The Kier molecular flexibility index (Phi) is 5.61. The number of hydrogen-bond acceptors (Lipinski definition) is 5. The van der Waals surface area contributed by atoms with Gasteiger partial charge in [-0.25, -0.2) is 4.79 Å². The van der Waals surface area contributed by atoms with E-state index >= 15 is 0 Å². The Morgan fingerprint density at radius 3 is 2.63 bits per heavy atom. The number of ether oxygens (including phenoxy) is 2. The van der Waals surface area contributed by atoms with Crippen molar-refractivity contribution < 1.29 is 19.4 Å². The molecule has 2 aromatic rings. The van der Waals surface area contributed by atoms with E-state index in [0.29, 0.717) is 27.7 Å². The fourth-order valence-corrected chi connectivity index (χ4v) is 3.17. The average molecular weight is 384 g/mol. The van der Waals surface area contributed by atoms with Gasteiger partial charge in [0.1, 0.15) is 0 Å². The largest absolute Gasteiger partial charge is 0.504 e. The van der Waals surface area contributed by atoms with Crippen molar-refractivity contribution in [3.8, 4) is 11.5 Å². The van der Waals surface area contributed by atoms with Gasteiger partial charge in [-0.3, -0.25) is 0 Å². The summed E-state index contributed by atoms with van der Waals surface area (Å²) in [5, 5.41) is 16.5. The van der Waals surface area contributed by atoms with Crippen LogP contribution in [0.5, 0.6) is 11.5 Å². The third-order valence-electron chi connectivity index (χ3n) is 4.17. The molecule has 7 heteroatoms. The Morgan fingerprint density at radius 1 is 1.22 bits per heavy atom. The lowest BCUT2D eigenvalue weighted by Crippen LogP contribution is -2.45. The summed E-state index contributed by atoms with van der Waals surface area (Å²) < 4.78 is 10.5. The van der Waals surface area contributed by atoms with Gasteiger partial charge in [0.2, 0.25) is 0 Å². The van der Waals surface area contributed by atoms with E-state index < -0.39 is 12.0 Å². The minimum Gasteiger partial charge on any atom is -0.504 e. The molecule has 3 N–H and O–H groups in total. The first-order valence-corrected chi connectivity index (χ1v) is 8.87. The van der Waals surface area contributed by atoms with E-state index in [1.165, 1.54) is 13.2 Å². The van der Waals surface area contributed by atoms with Crippen LogP contribution >= 0.6 is 12.2 Å². The second-order valence-electron chi connectivity index (χ2n) is 5.84. The highest BCUT2D eigenvalue weighted by Gasteiger charge is 2.33. The zero-order valence-electron chi connectivity index (χ0n) is 15.0. The molecule has 0 fully saturated rings. The van der Waals surface area contributed by atoms with Crippen molar-refractivity contribution in [3.05, 3.63) is 65.2 Å². The quantitative estimate of drug-likeness (QED) is 0.540. The van der Waals surface area contributed by atoms with Gasteiger partial charge < -0.3 is 25.2 Å². The minimum atomic E-state index is -0.553. The van der Waals surface area contributed by atoms with Crippen LogP contribution in [-0.2, 0) is 9.53 Å². The highest BCUT2D eigenvalue weighted by Crippen LogP contribution is 2.35. The number of thiocarbonyl (C=S) groups is 1. The van der Waals surface area contributed by atoms with Gasteiger partial charge in [0.25, 0.3) is 0 Å². The van der Waals surface area contributed by atoms with Crippen LogP contribution in [0.25, 0.3) is 5.70 Å². The molecule has 0 saturated carbocycles. The molecule has 0 spiro atoms. The van der Waals surface area contributed by atoms with Crippen molar-refractivity contribution in [2.75, 3.05) is 13.7 Å². The molecule has 1 aliphatic heterocycles. The molecule has 1 aliphatic rings. The van der Waals surface area contributed by atoms with Gasteiger partial charge in [0.15, 0.2) is 16.6 Å². The maximum absolute atomic E-state index is 12.8. The van der Waals surface area contributed by atoms with Crippen molar-refractivity contribution in [1.82, 2.24) is 10.6 Å². The Morgan fingerprint density at radius 2 is 1.96 bits per heavy atom. The summed E-state index contributed by atoms with van der Waals surface area (Å²) >= 11 is 5.36. The molecule has 1 heterocycles. The van der Waals surface area contributed by atoms with E-state index in [1.807, 2.05) is 30.3 Å². The second kappa shape index (κ2) is 8.09. The van der Waals surface area contributed by atoms with Crippen LogP contribution in [0.2, 0.25) is 0 Å². The van der Waals surface area contributed by atoms with Crippen molar-refractivity contribution >= 4 is 29.0 Å². The fourth-order valence-electron chi connectivity index (χ4n) is 2.95. The average Bonchev–Trinajstić information content (AvgIpc) is 2.68. The van der Waals surface area contributed by atoms with Gasteiger partial charge in [-0.15, -0.1) is 0 Å². The predicted octanol–water partition coefficient (Wildman–Crippen LogP) is 2.89. The summed E-state index contributed by atoms with van der Waals surface area (Å²) in [6.45, 7) is 2.01. The van der Waals surface area contributed by atoms with Gasteiger partial charge in [0, 0.05) is 0 Å². The topological polar surface area (TPSA) is 79.8 Å².